The molecule has 0 radical (unpaired) electrons. The lowest BCUT2D eigenvalue weighted by molar-refractivity contribution is -0.00416. The van der Waals surface area contributed by atoms with E-state index in [9.17, 15) is 0 Å². The average molecular weight is 156 g/mol. The average Bonchev–Trinajstić information content (AvgIpc) is 2.56. The van der Waals surface area contributed by atoms with Crippen LogP contribution in [-0.2, 0) is 4.74 Å². The Morgan fingerprint density at radius 3 is 2.64 bits per heavy atom. The molecule has 2 unspecified atom stereocenters. The third kappa shape index (κ3) is 0.798. The number of rotatable bonds is 1. The molecule has 0 bridgehead atoms. The molecule has 1 heterocycles. The Balaban J connectivity index is 2.15. The van der Waals surface area contributed by atoms with Crippen LogP contribution in [-0.4, -0.2) is 23.9 Å². The van der Waals surface area contributed by atoms with Crippen LogP contribution in [0.15, 0.2) is 0 Å². The topological polar surface area (TPSA) is 29.5 Å². The molecule has 1 aliphatic carbocycles. The van der Waals surface area contributed by atoms with Crippen molar-refractivity contribution < 1.29 is 9.84 Å². The van der Waals surface area contributed by atoms with Crippen molar-refractivity contribution in [3.05, 3.63) is 0 Å². The van der Waals surface area contributed by atoms with Gasteiger partial charge in [-0.15, -0.1) is 0 Å². The first kappa shape index (κ1) is 7.56. The third-order valence-corrected chi connectivity index (χ3v) is 3.66. The predicted octanol–water partition coefficient (Wildman–Crippen LogP) is 1.18. The molecule has 2 rings (SSSR count). The summed E-state index contributed by atoms with van der Waals surface area (Å²) in [5, 5.41) is 9.01. The first-order chi connectivity index (χ1) is 5.12. The Labute approximate surface area is 67.6 Å². The summed E-state index contributed by atoms with van der Waals surface area (Å²) in [4.78, 5) is 0. The third-order valence-electron chi connectivity index (χ3n) is 3.66. The van der Waals surface area contributed by atoms with Gasteiger partial charge in [-0.1, -0.05) is 0 Å². The Kier molecular flexibility index (Phi) is 1.37. The molecule has 2 fully saturated rings. The van der Waals surface area contributed by atoms with E-state index in [4.69, 9.17) is 9.84 Å². The highest BCUT2D eigenvalue weighted by Gasteiger charge is 2.65. The highest BCUT2D eigenvalue weighted by atomic mass is 16.5. The van der Waals surface area contributed by atoms with Crippen LogP contribution in [0.25, 0.3) is 0 Å². The van der Waals surface area contributed by atoms with Gasteiger partial charge in [-0.3, -0.25) is 0 Å². The lowest BCUT2D eigenvalue weighted by atomic mass is 9.85. The number of ether oxygens (including phenoxy) is 1. The van der Waals surface area contributed by atoms with Gasteiger partial charge in [0.25, 0.3) is 0 Å². The summed E-state index contributed by atoms with van der Waals surface area (Å²) in [6.45, 7) is 5.52. The molecule has 0 aromatic heterocycles. The van der Waals surface area contributed by atoms with Gasteiger partial charge in [-0.05, 0) is 32.6 Å². The minimum Gasteiger partial charge on any atom is -0.396 e. The summed E-state index contributed by atoms with van der Waals surface area (Å²) in [6, 6.07) is 0. The molecule has 0 amide bonds. The lowest BCUT2D eigenvalue weighted by Gasteiger charge is -2.26. The fourth-order valence-electron chi connectivity index (χ4n) is 2.60. The quantitative estimate of drug-likeness (QED) is 0.618. The van der Waals surface area contributed by atoms with Crippen LogP contribution in [0.5, 0.6) is 0 Å². The summed E-state index contributed by atoms with van der Waals surface area (Å²) in [5.74, 6) is 0.514. The highest BCUT2D eigenvalue weighted by molar-refractivity contribution is 5.13. The monoisotopic (exact) mass is 156 g/mol. The van der Waals surface area contributed by atoms with E-state index in [0.717, 1.165) is 19.4 Å². The van der Waals surface area contributed by atoms with E-state index in [-0.39, 0.29) is 5.60 Å². The van der Waals surface area contributed by atoms with E-state index in [1.807, 2.05) is 0 Å². The molecule has 0 aromatic carbocycles. The van der Waals surface area contributed by atoms with Crippen molar-refractivity contribution in [1.82, 2.24) is 0 Å². The number of aliphatic hydroxyl groups excluding tert-OH is 1. The van der Waals surface area contributed by atoms with Gasteiger partial charge in [0.15, 0.2) is 0 Å². The normalized spacial score (nSPS) is 46.6. The van der Waals surface area contributed by atoms with Gasteiger partial charge in [0, 0.05) is 18.6 Å². The summed E-state index contributed by atoms with van der Waals surface area (Å²) in [5.41, 5.74) is 0.349. The Morgan fingerprint density at radius 2 is 2.27 bits per heavy atom. The molecule has 2 aliphatic rings. The van der Waals surface area contributed by atoms with E-state index in [1.54, 1.807) is 0 Å². The second-order valence-corrected chi connectivity index (χ2v) is 4.35. The van der Waals surface area contributed by atoms with E-state index in [1.165, 1.54) is 0 Å². The summed E-state index contributed by atoms with van der Waals surface area (Å²) in [6.07, 6.45) is 2.31. The first-order valence-electron chi connectivity index (χ1n) is 4.37. The summed E-state index contributed by atoms with van der Waals surface area (Å²) in [7, 11) is 0. The maximum absolute atomic E-state index is 9.01. The van der Waals surface area contributed by atoms with Crippen molar-refractivity contribution >= 4 is 0 Å². The molecule has 2 atom stereocenters. The van der Waals surface area contributed by atoms with Gasteiger partial charge in [0.05, 0.1) is 5.60 Å². The molecule has 1 N–H and O–H groups in total. The predicted molar refractivity (Wildman–Crippen MR) is 42.3 cm³/mol. The molecule has 2 nitrogen and oxygen atoms in total. The lowest BCUT2D eigenvalue weighted by Crippen LogP contribution is -2.30. The van der Waals surface area contributed by atoms with Gasteiger partial charge in [0.1, 0.15) is 0 Å². The fourth-order valence-corrected chi connectivity index (χ4v) is 2.60. The van der Waals surface area contributed by atoms with Crippen molar-refractivity contribution in [3.63, 3.8) is 0 Å². The molecule has 0 aromatic rings. The van der Waals surface area contributed by atoms with Crippen molar-refractivity contribution in [2.75, 3.05) is 13.2 Å². The maximum atomic E-state index is 9.01. The van der Waals surface area contributed by atoms with Gasteiger partial charge in [-0.2, -0.15) is 0 Å². The SMILES string of the molecule is CC1(C)OCCC12CC2CO. The molecule has 64 valence electrons. The van der Waals surface area contributed by atoms with E-state index in [2.05, 4.69) is 13.8 Å². The molecule has 1 saturated heterocycles. The van der Waals surface area contributed by atoms with Crippen molar-refractivity contribution in [1.29, 1.82) is 0 Å². The Hall–Kier alpha value is -0.0800. The van der Waals surface area contributed by atoms with Crippen LogP contribution in [0.1, 0.15) is 26.7 Å². The van der Waals surface area contributed by atoms with E-state index < -0.39 is 0 Å². The zero-order valence-corrected chi connectivity index (χ0v) is 7.26. The Morgan fingerprint density at radius 1 is 1.55 bits per heavy atom. The van der Waals surface area contributed by atoms with Crippen LogP contribution in [0.3, 0.4) is 0 Å². The largest absolute Gasteiger partial charge is 0.396 e. The van der Waals surface area contributed by atoms with Crippen molar-refractivity contribution in [2.24, 2.45) is 11.3 Å². The first-order valence-corrected chi connectivity index (χ1v) is 4.37. The molecular formula is C9H16O2. The molecule has 1 saturated carbocycles. The molecule has 1 aliphatic heterocycles. The van der Waals surface area contributed by atoms with Gasteiger partial charge in [0.2, 0.25) is 0 Å². The molecular weight excluding hydrogens is 140 g/mol. The number of aliphatic hydroxyl groups is 1. The minimum atomic E-state index is 0.0143. The zero-order chi connectivity index (χ0) is 8.11. The fraction of sp³-hybridized carbons (Fsp3) is 1.00. The standard InChI is InChI=1S/C9H16O2/c1-8(2)9(3-4-11-8)5-7(9)6-10/h7,10H,3-6H2,1-2H3. The van der Waals surface area contributed by atoms with Crippen LogP contribution in [0.2, 0.25) is 0 Å². The Bertz CT molecular complexity index is 176. The van der Waals surface area contributed by atoms with Crippen LogP contribution < -0.4 is 0 Å². The van der Waals surface area contributed by atoms with Crippen LogP contribution in [0, 0.1) is 11.3 Å². The number of hydrogen-bond donors (Lipinski definition) is 1. The summed E-state index contributed by atoms with van der Waals surface area (Å²) < 4.78 is 5.64. The number of hydrogen-bond acceptors (Lipinski definition) is 2. The minimum absolute atomic E-state index is 0.0143. The second kappa shape index (κ2) is 1.99. The molecule has 11 heavy (non-hydrogen) atoms. The maximum Gasteiger partial charge on any atom is 0.0686 e. The van der Waals surface area contributed by atoms with Crippen molar-refractivity contribution in [2.45, 2.75) is 32.3 Å². The van der Waals surface area contributed by atoms with Crippen LogP contribution >= 0.6 is 0 Å². The van der Waals surface area contributed by atoms with Gasteiger partial charge >= 0.3 is 0 Å². The van der Waals surface area contributed by atoms with Gasteiger partial charge < -0.3 is 9.84 Å². The highest BCUT2D eigenvalue weighted by Crippen LogP contribution is 2.65. The second-order valence-electron chi connectivity index (χ2n) is 4.35. The van der Waals surface area contributed by atoms with E-state index in [0.29, 0.717) is 17.9 Å². The van der Waals surface area contributed by atoms with Gasteiger partial charge in [-0.25, -0.2) is 0 Å². The van der Waals surface area contributed by atoms with Crippen molar-refractivity contribution in [3.8, 4) is 0 Å². The smallest absolute Gasteiger partial charge is 0.0686 e. The zero-order valence-electron chi connectivity index (χ0n) is 7.26. The molecule has 2 heteroatoms. The van der Waals surface area contributed by atoms with Crippen LogP contribution in [0.4, 0.5) is 0 Å². The molecule has 1 spiro atoms. The summed E-state index contributed by atoms with van der Waals surface area (Å²) >= 11 is 0. The van der Waals surface area contributed by atoms with E-state index >= 15 is 0 Å².